The van der Waals surface area contributed by atoms with Crippen LogP contribution in [0.2, 0.25) is 0 Å². The van der Waals surface area contributed by atoms with Crippen molar-refractivity contribution in [2.24, 2.45) is 0 Å². The molecule has 0 amide bonds. The van der Waals surface area contributed by atoms with Gasteiger partial charge in [-0.1, -0.05) is 48.0 Å². The van der Waals surface area contributed by atoms with Crippen molar-refractivity contribution < 1.29 is 4.39 Å². The third-order valence-electron chi connectivity index (χ3n) is 3.66. The molecule has 0 heterocycles. The molecule has 0 aromatic heterocycles. The van der Waals surface area contributed by atoms with Crippen LogP contribution in [-0.2, 0) is 6.54 Å². The van der Waals surface area contributed by atoms with E-state index in [2.05, 4.69) is 48.5 Å². The number of halogens is 1. The Balaban J connectivity index is 2.03. The van der Waals surface area contributed by atoms with Gasteiger partial charge >= 0.3 is 0 Å². The van der Waals surface area contributed by atoms with Gasteiger partial charge in [-0.05, 0) is 32.6 Å². The van der Waals surface area contributed by atoms with Gasteiger partial charge in [0.15, 0.2) is 0 Å². The van der Waals surface area contributed by atoms with Gasteiger partial charge in [-0.15, -0.1) is 0 Å². The molecule has 1 unspecified atom stereocenters. The Labute approximate surface area is 126 Å². The van der Waals surface area contributed by atoms with Crippen molar-refractivity contribution in [1.29, 1.82) is 0 Å². The number of nitrogens with one attached hydrogen (secondary N) is 1. The zero-order valence-corrected chi connectivity index (χ0v) is 12.9. The Hall–Kier alpha value is -1.71. The van der Waals surface area contributed by atoms with Gasteiger partial charge in [0.05, 0.1) is 0 Å². The molecule has 2 aromatic rings. The van der Waals surface area contributed by atoms with Crippen molar-refractivity contribution in [2.45, 2.75) is 19.5 Å². The maximum Gasteiger partial charge on any atom is 0.128 e. The molecule has 0 aliphatic heterocycles. The van der Waals surface area contributed by atoms with Crippen LogP contribution in [0.15, 0.2) is 48.5 Å². The molecule has 0 saturated carbocycles. The average molecular weight is 286 g/mol. The highest BCUT2D eigenvalue weighted by Crippen LogP contribution is 2.18. The molecule has 0 aliphatic carbocycles. The maximum absolute atomic E-state index is 13.9. The molecular formula is C18H23FN2. The molecule has 2 rings (SSSR count). The third kappa shape index (κ3) is 4.38. The summed E-state index contributed by atoms with van der Waals surface area (Å²) in [6.45, 7) is 3.71. The topological polar surface area (TPSA) is 15.3 Å². The number of hydrogen-bond donors (Lipinski definition) is 1. The van der Waals surface area contributed by atoms with Crippen LogP contribution in [0.5, 0.6) is 0 Å². The van der Waals surface area contributed by atoms with E-state index < -0.39 is 0 Å². The highest BCUT2D eigenvalue weighted by atomic mass is 19.1. The number of nitrogens with zero attached hydrogens (tertiary/aromatic N) is 1. The lowest BCUT2D eigenvalue weighted by Crippen LogP contribution is -2.31. The van der Waals surface area contributed by atoms with Gasteiger partial charge in [0.2, 0.25) is 0 Å². The summed E-state index contributed by atoms with van der Waals surface area (Å²) in [5, 5.41) is 3.21. The molecule has 0 spiro atoms. The van der Waals surface area contributed by atoms with Gasteiger partial charge in [-0.3, -0.25) is 0 Å². The Kier molecular flexibility index (Phi) is 5.48. The zero-order chi connectivity index (χ0) is 15.2. The highest BCUT2D eigenvalue weighted by molar-refractivity contribution is 5.23. The molecule has 0 radical (unpaired) electrons. The van der Waals surface area contributed by atoms with Gasteiger partial charge in [0.1, 0.15) is 5.82 Å². The van der Waals surface area contributed by atoms with Gasteiger partial charge in [-0.2, -0.15) is 0 Å². The van der Waals surface area contributed by atoms with E-state index in [1.54, 1.807) is 6.07 Å². The molecule has 2 aromatic carbocycles. The lowest BCUT2D eigenvalue weighted by Gasteiger charge is -2.24. The van der Waals surface area contributed by atoms with E-state index in [9.17, 15) is 4.39 Å². The fraction of sp³-hybridized carbons (Fsp3) is 0.333. The smallest absolute Gasteiger partial charge is 0.128 e. The molecule has 112 valence electrons. The van der Waals surface area contributed by atoms with Crippen LogP contribution in [0.25, 0.3) is 0 Å². The summed E-state index contributed by atoms with van der Waals surface area (Å²) in [4.78, 5) is 2.21. The third-order valence-corrected chi connectivity index (χ3v) is 3.66. The quantitative estimate of drug-likeness (QED) is 0.874. The lowest BCUT2D eigenvalue weighted by molar-refractivity contribution is 0.286. The first-order chi connectivity index (χ1) is 10.1. The van der Waals surface area contributed by atoms with Gasteiger partial charge < -0.3 is 10.2 Å². The zero-order valence-electron chi connectivity index (χ0n) is 12.9. The summed E-state index contributed by atoms with van der Waals surface area (Å²) in [6.07, 6.45) is 0. The summed E-state index contributed by atoms with van der Waals surface area (Å²) in [5.41, 5.74) is 3.26. The summed E-state index contributed by atoms with van der Waals surface area (Å²) in [6, 6.07) is 15.4. The van der Waals surface area contributed by atoms with Crippen LogP contribution in [-0.4, -0.2) is 25.5 Å². The van der Waals surface area contributed by atoms with Crippen molar-refractivity contribution in [2.75, 3.05) is 20.6 Å². The van der Waals surface area contributed by atoms with Crippen molar-refractivity contribution in [1.82, 2.24) is 10.2 Å². The average Bonchev–Trinajstić information content (AvgIpc) is 2.45. The Morgan fingerprint density at radius 1 is 1.14 bits per heavy atom. The van der Waals surface area contributed by atoms with Gasteiger partial charge in [-0.25, -0.2) is 4.39 Å². The Bertz CT molecular complexity index is 583. The van der Waals surface area contributed by atoms with Crippen LogP contribution in [0.4, 0.5) is 4.39 Å². The molecule has 2 nitrogen and oxygen atoms in total. The molecule has 3 heteroatoms. The van der Waals surface area contributed by atoms with Gasteiger partial charge in [0, 0.05) is 24.7 Å². The van der Waals surface area contributed by atoms with Crippen LogP contribution < -0.4 is 5.32 Å². The minimum Gasteiger partial charge on any atom is -0.312 e. The maximum atomic E-state index is 13.9. The molecule has 1 atom stereocenters. The second kappa shape index (κ2) is 7.34. The number of rotatable bonds is 6. The molecule has 0 aliphatic rings. The SMILES string of the molecule is CNC(CN(C)Cc1cccc(C)c1)c1ccccc1F. The summed E-state index contributed by atoms with van der Waals surface area (Å²) in [7, 11) is 3.94. The van der Waals surface area contributed by atoms with Gasteiger partial charge in [0.25, 0.3) is 0 Å². The summed E-state index contributed by atoms with van der Waals surface area (Å²) in [5.74, 6) is -0.152. The molecule has 1 N–H and O–H groups in total. The normalized spacial score (nSPS) is 12.6. The molecule has 0 saturated heterocycles. The van der Waals surface area contributed by atoms with Crippen molar-refractivity contribution in [3.63, 3.8) is 0 Å². The second-order valence-corrected chi connectivity index (χ2v) is 5.55. The second-order valence-electron chi connectivity index (χ2n) is 5.55. The monoisotopic (exact) mass is 286 g/mol. The Morgan fingerprint density at radius 3 is 2.57 bits per heavy atom. The van der Waals surface area contributed by atoms with Crippen LogP contribution in [0.1, 0.15) is 22.7 Å². The Morgan fingerprint density at radius 2 is 1.90 bits per heavy atom. The minimum absolute atomic E-state index is 0.0130. The van der Waals surface area contributed by atoms with Crippen molar-refractivity contribution in [3.05, 3.63) is 71.0 Å². The fourth-order valence-corrected chi connectivity index (χ4v) is 2.60. The van der Waals surface area contributed by atoms with E-state index in [0.717, 1.165) is 18.7 Å². The largest absolute Gasteiger partial charge is 0.312 e. The van der Waals surface area contributed by atoms with Crippen molar-refractivity contribution >= 4 is 0 Å². The minimum atomic E-state index is -0.152. The predicted octanol–water partition coefficient (Wildman–Crippen LogP) is 3.53. The lowest BCUT2D eigenvalue weighted by atomic mass is 10.1. The first kappa shape index (κ1) is 15.7. The van der Waals surface area contributed by atoms with Crippen LogP contribution in [0.3, 0.4) is 0 Å². The highest BCUT2D eigenvalue weighted by Gasteiger charge is 2.15. The summed E-state index contributed by atoms with van der Waals surface area (Å²) >= 11 is 0. The van der Waals surface area contributed by atoms with E-state index in [1.165, 1.54) is 17.2 Å². The first-order valence-corrected chi connectivity index (χ1v) is 7.26. The van der Waals surface area contributed by atoms with Crippen molar-refractivity contribution in [3.8, 4) is 0 Å². The number of hydrogen-bond acceptors (Lipinski definition) is 2. The first-order valence-electron chi connectivity index (χ1n) is 7.26. The van der Waals surface area contributed by atoms with E-state index >= 15 is 0 Å². The van der Waals surface area contributed by atoms with E-state index in [1.807, 2.05) is 19.2 Å². The van der Waals surface area contributed by atoms with E-state index in [-0.39, 0.29) is 11.9 Å². The molecule has 0 bridgehead atoms. The standard InChI is InChI=1S/C18H23FN2/c1-14-7-6-8-15(11-14)12-21(3)13-18(20-2)16-9-4-5-10-17(16)19/h4-11,18,20H,12-13H2,1-3H3. The number of aryl methyl sites for hydroxylation is 1. The van der Waals surface area contributed by atoms with Crippen LogP contribution >= 0.6 is 0 Å². The number of likely N-dealkylation sites (N-methyl/N-ethyl adjacent to an activating group) is 2. The van der Waals surface area contributed by atoms with E-state index in [0.29, 0.717) is 0 Å². The molecule has 0 fully saturated rings. The fourth-order valence-electron chi connectivity index (χ4n) is 2.60. The van der Waals surface area contributed by atoms with E-state index in [4.69, 9.17) is 0 Å². The number of benzene rings is 2. The molecule has 21 heavy (non-hydrogen) atoms. The van der Waals surface area contributed by atoms with Crippen LogP contribution in [0, 0.1) is 12.7 Å². The summed E-state index contributed by atoms with van der Waals surface area (Å²) < 4.78 is 13.9. The molecular weight excluding hydrogens is 263 g/mol. The predicted molar refractivity (Wildman–Crippen MR) is 85.7 cm³/mol.